The van der Waals surface area contributed by atoms with Crippen molar-refractivity contribution in [1.82, 2.24) is 0 Å². The van der Waals surface area contributed by atoms with E-state index in [4.69, 9.17) is 20.0 Å². The van der Waals surface area contributed by atoms with E-state index in [9.17, 15) is 0 Å². The van der Waals surface area contributed by atoms with Crippen LogP contribution in [-0.4, -0.2) is 22.8 Å². The highest BCUT2D eigenvalue weighted by molar-refractivity contribution is 6.53. The number of rotatable bonds is 2. The third kappa shape index (κ3) is 3.77. The van der Waals surface area contributed by atoms with Gasteiger partial charge >= 0.3 is 0 Å². The summed E-state index contributed by atoms with van der Waals surface area (Å²) in [5.41, 5.74) is 10.1. The second-order valence-corrected chi connectivity index (χ2v) is 10.4. The summed E-state index contributed by atoms with van der Waals surface area (Å²) in [7, 11) is 0. The van der Waals surface area contributed by atoms with E-state index in [2.05, 4.69) is 86.6 Å². The summed E-state index contributed by atoms with van der Waals surface area (Å²) in [6.45, 7) is 4.45. The molecule has 8 bridgehead atoms. The van der Waals surface area contributed by atoms with Gasteiger partial charge < -0.3 is 0 Å². The molecule has 182 valence electrons. The second-order valence-electron chi connectivity index (χ2n) is 10.4. The predicted octanol–water partition coefficient (Wildman–Crippen LogP) is 7.20. The molecular weight excluding hydrogens is 464 g/mol. The molecule has 4 heteroatoms. The number of hydrogen-bond acceptors (Lipinski definition) is 4. The molecule has 0 N–H and O–H groups in total. The summed E-state index contributed by atoms with van der Waals surface area (Å²) in [4.78, 5) is 20.3. The van der Waals surface area contributed by atoms with Gasteiger partial charge in [-0.3, -0.25) is 0 Å². The molecule has 3 heterocycles. The lowest BCUT2D eigenvalue weighted by Gasteiger charge is -2.27. The van der Waals surface area contributed by atoms with Crippen molar-refractivity contribution in [2.24, 2.45) is 20.0 Å². The molecule has 0 radical (unpaired) electrons. The van der Waals surface area contributed by atoms with Crippen molar-refractivity contribution in [3.8, 4) is 11.1 Å². The Morgan fingerprint density at radius 3 is 1.84 bits per heavy atom. The number of hydrogen-bond donors (Lipinski definition) is 0. The van der Waals surface area contributed by atoms with E-state index in [1.54, 1.807) is 0 Å². The zero-order valence-corrected chi connectivity index (χ0v) is 21.4. The number of nitrogens with zero attached hydrogens (tertiary/aromatic N) is 4. The molecule has 4 nitrogen and oxygen atoms in total. The van der Waals surface area contributed by atoms with Crippen LogP contribution in [0.5, 0.6) is 0 Å². The van der Waals surface area contributed by atoms with Gasteiger partial charge in [0.1, 0.15) is 0 Å². The second kappa shape index (κ2) is 8.70. The van der Waals surface area contributed by atoms with Crippen LogP contribution in [0, 0.1) is 0 Å². The first kappa shape index (κ1) is 22.5. The monoisotopic (exact) mass is 490 g/mol. The van der Waals surface area contributed by atoms with E-state index in [0.29, 0.717) is 18.1 Å². The lowest BCUT2D eigenvalue weighted by Crippen LogP contribution is -2.34. The van der Waals surface area contributed by atoms with Crippen LogP contribution in [0.2, 0.25) is 0 Å². The highest BCUT2D eigenvalue weighted by Gasteiger charge is 2.36. The molecule has 4 aromatic carbocycles. The lowest BCUT2D eigenvalue weighted by atomic mass is 9.76. The van der Waals surface area contributed by atoms with E-state index in [0.717, 1.165) is 34.0 Å². The maximum Gasteiger partial charge on any atom is 0.198 e. The van der Waals surface area contributed by atoms with Crippen LogP contribution in [0.1, 0.15) is 36.1 Å². The zero-order valence-electron chi connectivity index (χ0n) is 21.4. The molecule has 0 saturated heterocycles. The molecule has 0 aliphatic carbocycles. The van der Waals surface area contributed by atoms with Crippen LogP contribution in [0.4, 0.5) is 0 Å². The van der Waals surface area contributed by atoms with Gasteiger partial charge in [-0.1, -0.05) is 123 Å². The summed E-state index contributed by atoms with van der Waals surface area (Å²) in [6, 6.07) is 38.1. The minimum Gasteiger partial charge on any atom is -0.228 e. The first-order valence-electron chi connectivity index (χ1n) is 13.0. The Morgan fingerprint density at radius 2 is 1.11 bits per heavy atom. The summed E-state index contributed by atoms with van der Waals surface area (Å²) in [5.74, 6) is 1.14. The maximum absolute atomic E-state index is 5.15. The van der Waals surface area contributed by atoms with Gasteiger partial charge in [0.15, 0.2) is 11.6 Å². The van der Waals surface area contributed by atoms with Gasteiger partial charge in [0.05, 0.1) is 22.8 Å². The Morgan fingerprint density at radius 1 is 0.526 bits per heavy atom. The minimum atomic E-state index is -0.397. The highest BCUT2D eigenvalue weighted by Crippen LogP contribution is 2.36. The van der Waals surface area contributed by atoms with Crippen molar-refractivity contribution in [2.45, 2.75) is 25.7 Å². The van der Waals surface area contributed by atoms with Crippen molar-refractivity contribution in [3.05, 3.63) is 143 Å². The molecule has 0 atom stereocenters. The molecule has 0 saturated carbocycles. The molecule has 0 amide bonds. The van der Waals surface area contributed by atoms with Gasteiger partial charge in [0.25, 0.3) is 0 Å². The van der Waals surface area contributed by atoms with Gasteiger partial charge in [0.2, 0.25) is 0 Å². The lowest BCUT2D eigenvalue weighted by molar-refractivity contribution is 0.725. The highest BCUT2D eigenvalue weighted by atomic mass is 15.1. The van der Waals surface area contributed by atoms with Gasteiger partial charge in [0, 0.05) is 23.0 Å². The number of fused-ring (bicyclic) bond motifs is 7. The fourth-order valence-corrected chi connectivity index (χ4v) is 5.38. The number of aliphatic imine (C=N–C) groups is 4. The fourth-order valence-electron chi connectivity index (χ4n) is 5.38. The molecule has 0 fully saturated rings. The largest absolute Gasteiger partial charge is 0.228 e. The van der Waals surface area contributed by atoms with Crippen molar-refractivity contribution >= 4 is 22.8 Å². The van der Waals surface area contributed by atoms with Crippen molar-refractivity contribution in [2.75, 3.05) is 0 Å². The van der Waals surface area contributed by atoms with Crippen LogP contribution < -0.4 is 0 Å². The molecule has 7 rings (SSSR count). The minimum absolute atomic E-state index is 0.397. The normalized spacial score (nSPS) is 17.3. The number of benzene rings is 4. The maximum atomic E-state index is 5.15. The van der Waals surface area contributed by atoms with Crippen LogP contribution >= 0.6 is 0 Å². The standard InChI is InChI=1S/C34H26N4/c1-34(2)27-18-10-17-26(21-27)25-16-9-11-22(19-25)20-28-29(23-12-5-3-6-13-23)36-32(35-28)33-37-30(31(34)38-33)24-14-7-4-8-15-24/h3-19,21H,20H2,1-2H3. The van der Waals surface area contributed by atoms with Crippen LogP contribution in [-0.2, 0) is 11.8 Å². The van der Waals surface area contributed by atoms with E-state index >= 15 is 0 Å². The predicted molar refractivity (Wildman–Crippen MR) is 156 cm³/mol. The molecule has 0 spiro atoms. The summed E-state index contributed by atoms with van der Waals surface area (Å²) in [6.07, 6.45) is 0.676. The van der Waals surface area contributed by atoms with Gasteiger partial charge in [-0.05, 0) is 22.3 Å². The molecule has 0 aromatic heterocycles. The summed E-state index contributed by atoms with van der Waals surface area (Å²) < 4.78 is 0. The van der Waals surface area contributed by atoms with Crippen molar-refractivity contribution in [1.29, 1.82) is 0 Å². The first-order chi connectivity index (χ1) is 18.6. The zero-order chi connectivity index (χ0) is 25.7. The van der Waals surface area contributed by atoms with Gasteiger partial charge in [-0.15, -0.1) is 0 Å². The quantitative estimate of drug-likeness (QED) is 0.285. The Labute approximate surface area is 222 Å². The molecule has 0 unspecified atom stereocenters. The smallest absolute Gasteiger partial charge is 0.198 e. The third-order valence-electron chi connectivity index (χ3n) is 7.49. The van der Waals surface area contributed by atoms with Crippen molar-refractivity contribution < 1.29 is 0 Å². The van der Waals surface area contributed by atoms with E-state index in [1.807, 2.05) is 36.4 Å². The Balaban J connectivity index is 1.51. The van der Waals surface area contributed by atoms with E-state index in [1.165, 1.54) is 22.3 Å². The first-order valence-corrected chi connectivity index (χ1v) is 13.0. The molecule has 4 aromatic rings. The van der Waals surface area contributed by atoms with Crippen LogP contribution in [0.15, 0.2) is 141 Å². The van der Waals surface area contributed by atoms with Gasteiger partial charge in [-0.2, -0.15) is 0 Å². The van der Waals surface area contributed by atoms with Crippen LogP contribution in [0.3, 0.4) is 0 Å². The summed E-state index contributed by atoms with van der Waals surface area (Å²) in [5, 5.41) is 0. The molecule has 3 aliphatic rings. The Hall–Kier alpha value is -4.70. The van der Waals surface area contributed by atoms with Gasteiger partial charge in [-0.25, -0.2) is 20.0 Å². The molecular formula is C34H26N4. The van der Waals surface area contributed by atoms with Crippen molar-refractivity contribution in [3.63, 3.8) is 0 Å². The Bertz CT molecular complexity index is 1740. The van der Waals surface area contributed by atoms with E-state index < -0.39 is 5.41 Å². The molecule has 3 aliphatic heterocycles. The fraction of sp³-hybridized carbons (Fsp3) is 0.118. The Kier molecular flexibility index (Phi) is 5.15. The van der Waals surface area contributed by atoms with Crippen LogP contribution in [0.25, 0.3) is 11.1 Å². The summed E-state index contributed by atoms with van der Waals surface area (Å²) >= 11 is 0. The average molecular weight is 491 g/mol. The topological polar surface area (TPSA) is 49.4 Å². The van der Waals surface area contributed by atoms with E-state index in [-0.39, 0.29) is 0 Å². The average Bonchev–Trinajstić information content (AvgIpc) is 3.59. The third-order valence-corrected chi connectivity index (χ3v) is 7.49. The SMILES string of the molecule is CC1(C)C2=NC(=C3N=C(Cc4cccc(c4)-c4cccc1c4)C(c1ccccc1)=N3)N=C2c1ccccc1. The molecule has 38 heavy (non-hydrogen) atoms.